The normalized spacial score (nSPS) is 12.3. The van der Waals surface area contributed by atoms with E-state index < -0.39 is 21.9 Å². The van der Waals surface area contributed by atoms with Gasteiger partial charge in [-0.05, 0) is 42.8 Å². The Morgan fingerprint density at radius 3 is 2.20 bits per heavy atom. The van der Waals surface area contributed by atoms with E-state index in [9.17, 15) is 12.8 Å². The first-order chi connectivity index (χ1) is 14.3. The van der Waals surface area contributed by atoms with Crippen molar-refractivity contribution in [2.75, 3.05) is 18.5 Å². The third kappa shape index (κ3) is 4.22. The van der Waals surface area contributed by atoms with Gasteiger partial charge in [0.15, 0.2) is 11.5 Å². The minimum Gasteiger partial charge on any atom is -0.493 e. The molecule has 0 radical (unpaired) electrons. The van der Waals surface area contributed by atoms with E-state index >= 15 is 0 Å². The van der Waals surface area contributed by atoms with Crippen molar-refractivity contribution in [2.45, 2.75) is 17.9 Å². The van der Waals surface area contributed by atoms with Gasteiger partial charge < -0.3 is 9.47 Å². The Morgan fingerprint density at radius 1 is 0.933 bits per heavy atom. The second-order valence-electron chi connectivity index (χ2n) is 6.50. The fraction of sp³-hybridized carbons (Fsp3) is 0.182. The number of hydrogen-bond acceptors (Lipinski definition) is 4. The molecule has 3 rings (SSSR count). The molecular weight excluding hydrogens is 429 g/mol. The molecule has 0 amide bonds. The van der Waals surface area contributed by atoms with Gasteiger partial charge in [-0.25, -0.2) is 12.8 Å². The maximum atomic E-state index is 13.6. The van der Waals surface area contributed by atoms with Crippen LogP contribution in [-0.4, -0.2) is 22.6 Å². The Balaban J connectivity index is 2.20. The van der Waals surface area contributed by atoms with E-state index in [2.05, 4.69) is 0 Å². The van der Waals surface area contributed by atoms with Crippen LogP contribution >= 0.6 is 11.6 Å². The van der Waals surface area contributed by atoms with Gasteiger partial charge in [0.2, 0.25) is 0 Å². The average Bonchev–Trinajstić information content (AvgIpc) is 2.75. The smallest absolute Gasteiger partial charge is 0.264 e. The lowest BCUT2D eigenvalue weighted by Crippen LogP contribution is -2.33. The molecule has 0 aliphatic rings. The number of methoxy groups -OCH3 is 2. The lowest BCUT2D eigenvalue weighted by molar-refractivity contribution is 0.355. The summed E-state index contributed by atoms with van der Waals surface area (Å²) in [5.74, 6) is 0.160. The molecule has 0 spiro atoms. The number of anilines is 1. The van der Waals surface area contributed by atoms with Crippen molar-refractivity contribution in [3.63, 3.8) is 0 Å². The van der Waals surface area contributed by atoms with E-state index in [-0.39, 0.29) is 9.92 Å². The van der Waals surface area contributed by atoms with Gasteiger partial charge >= 0.3 is 0 Å². The van der Waals surface area contributed by atoms with Gasteiger partial charge in [0, 0.05) is 6.07 Å². The first-order valence-electron chi connectivity index (χ1n) is 9.06. The molecular formula is C22H21ClFNO4S. The van der Waals surface area contributed by atoms with Gasteiger partial charge in [-0.1, -0.05) is 41.9 Å². The second-order valence-corrected chi connectivity index (χ2v) is 8.72. The zero-order valence-electron chi connectivity index (χ0n) is 16.7. The molecule has 0 aliphatic heterocycles. The van der Waals surface area contributed by atoms with Gasteiger partial charge in [0.05, 0.1) is 35.9 Å². The van der Waals surface area contributed by atoms with Gasteiger partial charge in [-0.15, -0.1) is 0 Å². The van der Waals surface area contributed by atoms with Crippen molar-refractivity contribution in [2.24, 2.45) is 0 Å². The third-order valence-electron chi connectivity index (χ3n) is 4.70. The number of benzene rings is 3. The van der Waals surface area contributed by atoms with Crippen molar-refractivity contribution in [1.29, 1.82) is 0 Å². The van der Waals surface area contributed by atoms with E-state index in [0.29, 0.717) is 17.2 Å². The monoisotopic (exact) mass is 449 g/mol. The van der Waals surface area contributed by atoms with Crippen LogP contribution in [-0.2, 0) is 10.0 Å². The van der Waals surface area contributed by atoms with E-state index in [1.54, 1.807) is 25.1 Å². The van der Waals surface area contributed by atoms with Gasteiger partial charge in [0.25, 0.3) is 10.0 Å². The largest absolute Gasteiger partial charge is 0.493 e. The third-order valence-corrected chi connectivity index (χ3v) is 6.89. The lowest BCUT2D eigenvalue weighted by Gasteiger charge is -2.31. The zero-order chi connectivity index (χ0) is 21.9. The highest BCUT2D eigenvalue weighted by Crippen LogP contribution is 2.38. The van der Waals surface area contributed by atoms with Crippen LogP contribution in [0.15, 0.2) is 71.6 Å². The Hall–Kier alpha value is -2.77. The Bertz CT molecular complexity index is 1140. The number of ether oxygens (including phenoxy) is 2. The van der Waals surface area contributed by atoms with Crippen molar-refractivity contribution in [1.82, 2.24) is 0 Å². The Kier molecular flexibility index (Phi) is 6.53. The summed E-state index contributed by atoms with van der Waals surface area (Å²) in [7, 11) is -1.13. The highest BCUT2D eigenvalue weighted by atomic mass is 35.5. The van der Waals surface area contributed by atoms with Crippen LogP contribution < -0.4 is 13.8 Å². The fourth-order valence-electron chi connectivity index (χ4n) is 3.15. The van der Waals surface area contributed by atoms with Crippen molar-refractivity contribution >= 4 is 27.3 Å². The van der Waals surface area contributed by atoms with E-state index in [1.165, 1.54) is 24.6 Å². The maximum Gasteiger partial charge on any atom is 0.264 e. The maximum absolute atomic E-state index is 13.6. The lowest BCUT2D eigenvalue weighted by atomic mass is 10.1. The van der Waals surface area contributed by atoms with Crippen LogP contribution in [0.3, 0.4) is 0 Å². The molecule has 0 bridgehead atoms. The molecule has 5 nitrogen and oxygen atoms in total. The quantitative estimate of drug-likeness (QED) is 0.481. The number of hydrogen-bond donors (Lipinski definition) is 0. The molecule has 0 saturated heterocycles. The van der Waals surface area contributed by atoms with Crippen molar-refractivity contribution in [3.05, 3.63) is 83.1 Å². The molecule has 8 heteroatoms. The molecule has 0 fully saturated rings. The molecule has 3 aromatic carbocycles. The van der Waals surface area contributed by atoms with E-state index in [1.807, 2.05) is 30.3 Å². The standard InChI is InChI=1S/C22H21ClFNO4S/c1-15(16-7-5-4-6-8-16)25(17-9-12-21(28-2)22(13-17)29-3)30(26,27)18-10-11-20(24)19(23)14-18/h4-15H,1-3H3/t15-/m1/s1. The second kappa shape index (κ2) is 8.93. The molecule has 0 aliphatic carbocycles. The summed E-state index contributed by atoms with van der Waals surface area (Å²) >= 11 is 5.86. The highest BCUT2D eigenvalue weighted by molar-refractivity contribution is 7.92. The van der Waals surface area contributed by atoms with Crippen molar-refractivity contribution in [3.8, 4) is 11.5 Å². The minimum atomic E-state index is -4.10. The number of rotatable bonds is 7. The summed E-state index contributed by atoms with van der Waals surface area (Å²) in [4.78, 5) is -0.119. The molecule has 1 atom stereocenters. The fourth-order valence-corrected chi connectivity index (χ4v) is 5.06. The van der Waals surface area contributed by atoms with Crippen LogP contribution in [0.4, 0.5) is 10.1 Å². The Labute approximate surface area is 180 Å². The van der Waals surface area contributed by atoms with Crippen LogP contribution in [0.2, 0.25) is 5.02 Å². The van der Waals surface area contributed by atoms with E-state index in [0.717, 1.165) is 17.7 Å². The van der Waals surface area contributed by atoms with E-state index in [4.69, 9.17) is 21.1 Å². The summed E-state index contributed by atoms with van der Waals surface area (Å²) in [5, 5.41) is -0.268. The topological polar surface area (TPSA) is 55.8 Å². The summed E-state index contributed by atoms with van der Waals surface area (Å²) in [5.41, 5.74) is 1.15. The van der Waals surface area contributed by atoms with Crippen molar-refractivity contribution < 1.29 is 22.3 Å². The molecule has 158 valence electrons. The van der Waals surface area contributed by atoms with Gasteiger partial charge in [-0.2, -0.15) is 0 Å². The number of nitrogens with zero attached hydrogens (tertiary/aromatic N) is 1. The first kappa shape index (κ1) is 21.9. The van der Waals surface area contributed by atoms with Gasteiger partial charge in [0.1, 0.15) is 5.82 Å². The summed E-state index contributed by atoms with van der Waals surface area (Å²) in [6.07, 6.45) is 0. The average molecular weight is 450 g/mol. The molecule has 30 heavy (non-hydrogen) atoms. The Morgan fingerprint density at radius 2 is 1.60 bits per heavy atom. The van der Waals surface area contributed by atoms with Crippen LogP contribution in [0.1, 0.15) is 18.5 Å². The molecule has 0 unspecified atom stereocenters. The molecule has 0 N–H and O–H groups in total. The number of sulfonamides is 1. The van der Waals surface area contributed by atoms with Crippen LogP contribution in [0, 0.1) is 5.82 Å². The van der Waals surface area contributed by atoms with Gasteiger partial charge in [-0.3, -0.25) is 4.31 Å². The molecule has 0 heterocycles. The number of halogens is 2. The highest BCUT2D eigenvalue weighted by Gasteiger charge is 2.31. The van der Waals surface area contributed by atoms with Crippen LogP contribution in [0.5, 0.6) is 11.5 Å². The molecule has 0 aromatic heterocycles. The summed E-state index contributed by atoms with van der Waals surface area (Å²) < 4.78 is 52.8. The molecule has 3 aromatic rings. The predicted octanol–water partition coefficient (Wildman–Crippen LogP) is 5.45. The van der Waals surface area contributed by atoms with Crippen LogP contribution in [0.25, 0.3) is 0 Å². The zero-order valence-corrected chi connectivity index (χ0v) is 18.2. The predicted molar refractivity (Wildman–Crippen MR) is 115 cm³/mol. The SMILES string of the molecule is COc1ccc(N([C@H](C)c2ccccc2)S(=O)(=O)c2ccc(F)c(Cl)c2)cc1OC. The summed E-state index contributed by atoms with van der Waals surface area (Å²) in [6.45, 7) is 1.77. The summed E-state index contributed by atoms with van der Waals surface area (Å²) in [6, 6.07) is 16.8. The minimum absolute atomic E-state index is 0.119. The first-order valence-corrected chi connectivity index (χ1v) is 10.9. The molecule has 0 saturated carbocycles.